The highest BCUT2D eigenvalue weighted by atomic mass is 32.1. The highest BCUT2D eigenvalue weighted by Crippen LogP contribution is 2.36. The molecular formula is C24H27N5O4S. The van der Waals surface area contributed by atoms with E-state index >= 15 is 0 Å². The topological polar surface area (TPSA) is 108 Å². The van der Waals surface area contributed by atoms with Gasteiger partial charge in [0.15, 0.2) is 0 Å². The minimum atomic E-state index is -0.848. The van der Waals surface area contributed by atoms with Crippen LogP contribution in [0.15, 0.2) is 29.9 Å². The largest absolute Gasteiger partial charge is 0.390 e. The van der Waals surface area contributed by atoms with Crippen LogP contribution in [0, 0.1) is 0 Å². The zero-order valence-electron chi connectivity index (χ0n) is 19.2. The number of carbonyl (C=O) groups excluding carboxylic acids is 2. The number of hydrogen-bond donors (Lipinski definition) is 2. The second-order valence-corrected chi connectivity index (χ2v) is 10.1. The monoisotopic (exact) mass is 481 g/mol. The first kappa shape index (κ1) is 22.7. The molecule has 0 saturated carbocycles. The number of thiophene rings is 1. The van der Waals surface area contributed by atoms with Gasteiger partial charge in [-0.1, -0.05) is 0 Å². The van der Waals surface area contributed by atoms with E-state index in [0.29, 0.717) is 73.0 Å². The zero-order chi connectivity index (χ0) is 23.9. The van der Waals surface area contributed by atoms with Gasteiger partial charge in [-0.3, -0.25) is 14.6 Å². The molecule has 34 heavy (non-hydrogen) atoms. The standard InChI is InChI=1S/C24H27N5O4S/c1-24(2,32)3-6-29-13-15-11-18(19(12-16(15)23(29)31)28-7-9-33-10-8-28)27-21(30)17-14-34-22-20(17)25-4-5-26-22/h4-5,11-12,14,32H,3,6-10,13H2,1-2H3,(H,27,30). The van der Waals surface area contributed by atoms with Gasteiger partial charge in [0.05, 0.1) is 35.8 Å². The second-order valence-electron chi connectivity index (χ2n) is 9.23. The lowest BCUT2D eigenvalue weighted by molar-refractivity contribution is 0.0517. The number of aromatic nitrogens is 2. The molecule has 0 radical (unpaired) electrons. The summed E-state index contributed by atoms with van der Waals surface area (Å²) in [5, 5.41) is 14.9. The molecule has 2 aliphatic heterocycles. The van der Waals surface area contributed by atoms with Crippen LogP contribution < -0.4 is 10.2 Å². The second kappa shape index (κ2) is 8.94. The van der Waals surface area contributed by atoms with Crippen molar-refractivity contribution >= 4 is 44.9 Å². The Labute approximate surface area is 201 Å². The molecule has 2 aromatic heterocycles. The van der Waals surface area contributed by atoms with Gasteiger partial charge in [-0.05, 0) is 38.0 Å². The number of morpholine rings is 1. The van der Waals surface area contributed by atoms with Crippen LogP contribution in [0.25, 0.3) is 10.3 Å². The van der Waals surface area contributed by atoms with E-state index < -0.39 is 5.60 Å². The summed E-state index contributed by atoms with van der Waals surface area (Å²) in [6.07, 6.45) is 3.67. The third-order valence-electron chi connectivity index (χ3n) is 6.15. The number of hydrogen-bond acceptors (Lipinski definition) is 8. The Kier molecular flexibility index (Phi) is 5.97. The number of benzene rings is 1. The van der Waals surface area contributed by atoms with E-state index in [2.05, 4.69) is 20.2 Å². The molecule has 0 unspecified atom stereocenters. The molecular weight excluding hydrogens is 454 g/mol. The summed E-state index contributed by atoms with van der Waals surface area (Å²) in [4.78, 5) is 39.6. The molecule has 0 spiro atoms. The lowest BCUT2D eigenvalue weighted by atomic mass is 10.1. The van der Waals surface area contributed by atoms with Crippen molar-refractivity contribution in [3.05, 3.63) is 46.6 Å². The van der Waals surface area contributed by atoms with E-state index in [1.54, 1.807) is 36.5 Å². The smallest absolute Gasteiger partial charge is 0.258 e. The molecule has 10 heteroatoms. The molecule has 2 amide bonds. The van der Waals surface area contributed by atoms with Gasteiger partial charge < -0.3 is 25.0 Å². The van der Waals surface area contributed by atoms with Gasteiger partial charge in [0, 0.05) is 49.5 Å². The van der Waals surface area contributed by atoms with Crippen LogP contribution in [0.3, 0.4) is 0 Å². The van der Waals surface area contributed by atoms with Crippen molar-refractivity contribution in [2.45, 2.75) is 32.4 Å². The molecule has 2 aliphatic rings. The number of rotatable bonds is 6. The van der Waals surface area contributed by atoms with E-state index in [-0.39, 0.29) is 11.8 Å². The van der Waals surface area contributed by atoms with Crippen molar-refractivity contribution < 1.29 is 19.4 Å². The lowest BCUT2D eigenvalue weighted by Gasteiger charge is -2.31. The number of nitrogens with zero attached hydrogens (tertiary/aromatic N) is 4. The Morgan fingerprint density at radius 1 is 1.24 bits per heavy atom. The fraction of sp³-hybridized carbons (Fsp3) is 0.417. The maximum atomic E-state index is 13.2. The average Bonchev–Trinajstić information content (AvgIpc) is 3.38. The van der Waals surface area contributed by atoms with Gasteiger partial charge in [0.25, 0.3) is 11.8 Å². The van der Waals surface area contributed by atoms with Crippen LogP contribution >= 0.6 is 11.3 Å². The van der Waals surface area contributed by atoms with Gasteiger partial charge in [-0.15, -0.1) is 11.3 Å². The predicted molar refractivity (Wildman–Crippen MR) is 130 cm³/mol. The number of amides is 2. The minimum absolute atomic E-state index is 0.0502. The number of aliphatic hydroxyl groups is 1. The maximum absolute atomic E-state index is 13.2. The van der Waals surface area contributed by atoms with Crippen LogP contribution in [0.5, 0.6) is 0 Å². The first-order chi connectivity index (χ1) is 16.3. The molecule has 9 nitrogen and oxygen atoms in total. The Morgan fingerprint density at radius 3 is 2.76 bits per heavy atom. The maximum Gasteiger partial charge on any atom is 0.258 e. The van der Waals surface area contributed by atoms with E-state index in [4.69, 9.17) is 4.74 Å². The van der Waals surface area contributed by atoms with Gasteiger partial charge in [0.2, 0.25) is 0 Å². The van der Waals surface area contributed by atoms with E-state index in [0.717, 1.165) is 11.3 Å². The zero-order valence-corrected chi connectivity index (χ0v) is 20.0. The molecule has 1 aromatic carbocycles. The lowest BCUT2D eigenvalue weighted by Crippen LogP contribution is -2.37. The molecule has 178 valence electrons. The first-order valence-electron chi connectivity index (χ1n) is 11.3. The SMILES string of the molecule is CC(C)(O)CCN1Cc2cc(NC(=O)c3csc4nccnc34)c(N3CCOCC3)cc2C1=O. The summed E-state index contributed by atoms with van der Waals surface area (Å²) in [6, 6.07) is 3.79. The molecule has 0 aliphatic carbocycles. The number of anilines is 2. The van der Waals surface area contributed by atoms with Crippen molar-refractivity contribution in [2.75, 3.05) is 43.1 Å². The molecule has 0 bridgehead atoms. The third-order valence-corrected chi connectivity index (χ3v) is 7.02. The molecule has 4 heterocycles. The van der Waals surface area contributed by atoms with Gasteiger partial charge in [-0.25, -0.2) is 4.98 Å². The molecule has 3 aromatic rings. The fourth-order valence-electron chi connectivity index (χ4n) is 4.28. The molecule has 0 atom stereocenters. The summed E-state index contributed by atoms with van der Waals surface area (Å²) >= 11 is 1.38. The summed E-state index contributed by atoms with van der Waals surface area (Å²) in [6.45, 7) is 6.90. The Morgan fingerprint density at radius 2 is 2.00 bits per heavy atom. The van der Waals surface area contributed by atoms with Crippen molar-refractivity contribution in [1.82, 2.24) is 14.9 Å². The van der Waals surface area contributed by atoms with Crippen molar-refractivity contribution in [3.8, 4) is 0 Å². The van der Waals surface area contributed by atoms with Gasteiger partial charge >= 0.3 is 0 Å². The quantitative estimate of drug-likeness (QED) is 0.557. The summed E-state index contributed by atoms with van der Waals surface area (Å²) < 4.78 is 5.50. The average molecular weight is 482 g/mol. The molecule has 1 fully saturated rings. The Balaban J connectivity index is 1.47. The van der Waals surface area contributed by atoms with Crippen LogP contribution in [-0.4, -0.2) is 70.2 Å². The van der Waals surface area contributed by atoms with Crippen LogP contribution in [0.2, 0.25) is 0 Å². The van der Waals surface area contributed by atoms with E-state index in [1.807, 2.05) is 12.1 Å². The van der Waals surface area contributed by atoms with E-state index in [9.17, 15) is 14.7 Å². The normalized spacial score (nSPS) is 16.3. The van der Waals surface area contributed by atoms with Crippen LogP contribution in [0.4, 0.5) is 11.4 Å². The number of nitrogens with one attached hydrogen (secondary N) is 1. The molecule has 2 N–H and O–H groups in total. The van der Waals surface area contributed by atoms with Gasteiger partial charge in [0.1, 0.15) is 10.3 Å². The van der Waals surface area contributed by atoms with Crippen molar-refractivity contribution in [3.63, 3.8) is 0 Å². The highest BCUT2D eigenvalue weighted by molar-refractivity contribution is 7.17. The first-order valence-corrected chi connectivity index (χ1v) is 12.2. The highest BCUT2D eigenvalue weighted by Gasteiger charge is 2.31. The van der Waals surface area contributed by atoms with Crippen LogP contribution in [0.1, 0.15) is 46.5 Å². The number of fused-ring (bicyclic) bond motifs is 2. The number of carbonyl (C=O) groups is 2. The van der Waals surface area contributed by atoms with E-state index in [1.165, 1.54) is 11.3 Å². The summed E-state index contributed by atoms with van der Waals surface area (Å²) in [5.74, 6) is -0.310. The Bertz CT molecular complexity index is 1250. The minimum Gasteiger partial charge on any atom is -0.390 e. The predicted octanol–water partition coefficient (Wildman–Crippen LogP) is 2.90. The summed E-state index contributed by atoms with van der Waals surface area (Å²) in [5.41, 5.74) is 3.17. The van der Waals surface area contributed by atoms with Gasteiger partial charge in [-0.2, -0.15) is 0 Å². The summed E-state index contributed by atoms with van der Waals surface area (Å²) in [7, 11) is 0. The molecule has 1 saturated heterocycles. The fourth-order valence-corrected chi connectivity index (χ4v) is 5.13. The Hall–Kier alpha value is -3.08. The van der Waals surface area contributed by atoms with Crippen LogP contribution in [-0.2, 0) is 11.3 Å². The third kappa shape index (κ3) is 4.48. The van der Waals surface area contributed by atoms with Crippen molar-refractivity contribution in [1.29, 1.82) is 0 Å². The number of ether oxygens (including phenoxy) is 1. The van der Waals surface area contributed by atoms with Crippen molar-refractivity contribution in [2.24, 2.45) is 0 Å². The molecule has 5 rings (SSSR count).